The molecule has 0 bridgehead atoms. The Morgan fingerprint density at radius 2 is 1.70 bits per heavy atom. The Hall–Kier alpha value is -2.90. The van der Waals surface area contributed by atoms with Crippen molar-refractivity contribution in [3.05, 3.63) is 59.7 Å². The summed E-state index contributed by atoms with van der Waals surface area (Å²) in [7, 11) is 0. The molecule has 1 heterocycles. The van der Waals surface area contributed by atoms with E-state index in [2.05, 4.69) is 24.1 Å². The van der Waals surface area contributed by atoms with Crippen LogP contribution in [0.1, 0.15) is 34.6 Å². The number of carbonyl (C=O) groups excluding carboxylic acids is 2. The summed E-state index contributed by atoms with van der Waals surface area (Å²) in [5.41, 5.74) is 6.21. The van der Waals surface area contributed by atoms with E-state index < -0.39 is 5.91 Å². The summed E-state index contributed by atoms with van der Waals surface area (Å²) in [5, 5.41) is 2.95. The number of hydrogen-bond donors (Lipinski definition) is 2. The first-order chi connectivity index (χ1) is 14.4. The Bertz CT molecular complexity index is 850. The minimum absolute atomic E-state index is 0.00688. The van der Waals surface area contributed by atoms with Crippen LogP contribution in [0, 0.1) is 5.92 Å². The fourth-order valence-electron chi connectivity index (χ4n) is 3.39. The largest absolute Gasteiger partial charge is 0.457 e. The van der Waals surface area contributed by atoms with Crippen molar-refractivity contribution in [3.8, 4) is 11.5 Å². The van der Waals surface area contributed by atoms with Crippen molar-refractivity contribution in [1.29, 1.82) is 0 Å². The van der Waals surface area contributed by atoms with E-state index in [1.54, 1.807) is 48.5 Å². The lowest BCUT2D eigenvalue weighted by Gasteiger charge is -2.33. The van der Waals surface area contributed by atoms with E-state index in [-0.39, 0.29) is 12.0 Å². The quantitative estimate of drug-likeness (QED) is 0.697. The molecule has 0 saturated carbocycles. The number of primary amides is 1. The second-order valence-corrected chi connectivity index (χ2v) is 7.87. The molecule has 0 aliphatic carbocycles. The van der Waals surface area contributed by atoms with Crippen LogP contribution < -0.4 is 15.8 Å². The minimum Gasteiger partial charge on any atom is -0.457 e. The SMILES string of the molecule is CC(C)CN1CCOC(CNC(=O)c2ccc(Oc3ccc(C(N)=O)cc3)cc2)C1. The fourth-order valence-corrected chi connectivity index (χ4v) is 3.39. The number of morpholine rings is 1. The first-order valence-corrected chi connectivity index (χ1v) is 10.2. The van der Waals surface area contributed by atoms with Gasteiger partial charge < -0.3 is 20.5 Å². The van der Waals surface area contributed by atoms with Crippen molar-refractivity contribution in [3.63, 3.8) is 0 Å². The van der Waals surface area contributed by atoms with E-state index in [1.165, 1.54) is 0 Å². The number of hydrogen-bond acceptors (Lipinski definition) is 5. The zero-order chi connectivity index (χ0) is 21.5. The summed E-state index contributed by atoms with van der Waals surface area (Å²) in [6.07, 6.45) is 0.00688. The maximum atomic E-state index is 12.5. The molecule has 3 rings (SSSR count). The highest BCUT2D eigenvalue weighted by Crippen LogP contribution is 2.22. The molecule has 1 aliphatic heterocycles. The van der Waals surface area contributed by atoms with Gasteiger partial charge in [-0.3, -0.25) is 14.5 Å². The first-order valence-electron chi connectivity index (χ1n) is 10.2. The Labute approximate surface area is 177 Å². The zero-order valence-electron chi connectivity index (χ0n) is 17.5. The molecule has 3 N–H and O–H groups in total. The van der Waals surface area contributed by atoms with Crippen molar-refractivity contribution in [2.24, 2.45) is 11.7 Å². The number of nitrogens with two attached hydrogens (primary N) is 1. The topological polar surface area (TPSA) is 93.9 Å². The Balaban J connectivity index is 1.49. The Morgan fingerprint density at radius 1 is 1.10 bits per heavy atom. The predicted molar refractivity (Wildman–Crippen MR) is 115 cm³/mol. The van der Waals surface area contributed by atoms with Crippen LogP contribution in [0.25, 0.3) is 0 Å². The summed E-state index contributed by atoms with van der Waals surface area (Å²) < 4.78 is 11.5. The normalized spacial score (nSPS) is 17.0. The zero-order valence-corrected chi connectivity index (χ0v) is 17.5. The third kappa shape index (κ3) is 6.30. The molecule has 0 radical (unpaired) electrons. The molecular formula is C23H29N3O4. The van der Waals surface area contributed by atoms with Gasteiger partial charge in [0.25, 0.3) is 5.91 Å². The van der Waals surface area contributed by atoms with Gasteiger partial charge in [-0.25, -0.2) is 0 Å². The number of nitrogens with one attached hydrogen (secondary N) is 1. The molecule has 30 heavy (non-hydrogen) atoms. The maximum Gasteiger partial charge on any atom is 0.251 e. The van der Waals surface area contributed by atoms with Crippen LogP contribution in [-0.4, -0.2) is 55.6 Å². The lowest BCUT2D eigenvalue weighted by atomic mass is 10.1. The van der Waals surface area contributed by atoms with Crippen molar-refractivity contribution in [2.75, 3.05) is 32.8 Å². The second kappa shape index (κ2) is 10.2. The van der Waals surface area contributed by atoms with E-state index >= 15 is 0 Å². The molecular weight excluding hydrogens is 382 g/mol. The minimum atomic E-state index is -0.483. The van der Waals surface area contributed by atoms with Gasteiger partial charge in [-0.1, -0.05) is 13.8 Å². The van der Waals surface area contributed by atoms with Gasteiger partial charge in [0, 0.05) is 37.3 Å². The monoisotopic (exact) mass is 411 g/mol. The van der Waals surface area contributed by atoms with Crippen LogP contribution in [0.15, 0.2) is 48.5 Å². The molecule has 7 nitrogen and oxygen atoms in total. The van der Waals surface area contributed by atoms with Crippen molar-refractivity contribution in [2.45, 2.75) is 20.0 Å². The molecule has 1 unspecified atom stereocenters. The number of benzene rings is 2. The van der Waals surface area contributed by atoms with Crippen LogP contribution in [0.2, 0.25) is 0 Å². The van der Waals surface area contributed by atoms with Crippen molar-refractivity contribution < 1.29 is 19.1 Å². The number of rotatable bonds is 8. The smallest absolute Gasteiger partial charge is 0.251 e. The number of carbonyl (C=O) groups is 2. The highest BCUT2D eigenvalue weighted by molar-refractivity contribution is 5.94. The summed E-state index contributed by atoms with van der Waals surface area (Å²) in [5.74, 6) is 1.16. The Kier molecular flexibility index (Phi) is 7.43. The molecule has 1 aliphatic rings. The average Bonchev–Trinajstić information content (AvgIpc) is 2.73. The highest BCUT2D eigenvalue weighted by atomic mass is 16.5. The molecule has 160 valence electrons. The van der Waals surface area contributed by atoms with Crippen LogP contribution in [-0.2, 0) is 4.74 Å². The van der Waals surface area contributed by atoms with E-state index in [9.17, 15) is 9.59 Å². The van der Waals surface area contributed by atoms with Crippen molar-refractivity contribution in [1.82, 2.24) is 10.2 Å². The lowest BCUT2D eigenvalue weighted by molar-refractivity contribution is -0.0295. The van der Waals surface area contributed by atoms with Crippen LogP contribution in [0.4, 0.5) is 0 Å². The standard InChI is InChI=1S/C23H29N3O4/c1-16(2)14-26-11-12-29-21(15-26)13-25-23(28)18-5-9-20(10-6-18)30-19-7-3-17(4-8-19)22(24)27/h3-10,16,21H,11-15H2,1-2H3,(H2,24,27)(H,25,28). The molecule has 2 aromatic carbocycles. The number of ether oxygens (including phenoxy) is 2. The molecule has 2 aromatic rings. The molecule has 0 spiro atoms. The third-order valence-electron chi connectivity index (χ3n) is 4.83. The van der Waals surface area contributed by atoms with E-state index in [1.807, 2.05) is 0 Å². The predicted octanol–water partition coefficient (Wildman–Crippen LogP) is 2.66. The fraction of sp³-hybridized carbons (Fsp3) is 0.391. The summed E-state index contributed by atoms with van der Waals surface area (Å²) in [6, 6.07) is 13.5. The van der Waals surface area contributed by atoms with Gasteiger partial charge in [0.05, 0.1) is 12.7 Å². The van der Waals surface area contributed by atoms with E-state index in [4.69, 9.17) is 15.2 Å². The molecule has 2 amide bonds. The highest BCUT2D eigenvalue weighted by Gasteiger charge is 2.21. The molecule has 0 aromatic heterocycles. The van der Waals surface area contributed by atoms with E-state index in [0.29, 0.717) is 41.7 Å². The number of amides is 2. The summed E-state index contributed by atoms with van der Waals surface area (Å²) in [4.78, 5) is 26.0. The Morgan fingerprint density at radius 3 is 2.27 bits per heavy atom. The van der Waals surface area contributed by atoms with Crippen LogP contribution >= 0.6 is 0 Å². The average molecular weight is 412 g/mol. The second-order valence-electron chi connectivity index (χ2n) is 7.87. The van der Waals surface area contributed by atoms with E-state index in [0.717, 1.165) is 19.6 Å². The van der Waals surface area contributed by atoms with Gasteiger partial charge in [0.2, 0.25) is 5.91 Å². The van der Waals surface area contributed by atoms with Gasteiger partial charge in [0.15, 0.2) is 0 Å². The van der Waals surface area contributed by atoms with Gasteiger partial charge in [-0.2, -0.15) is 0 Å². The maximum absolute atomic E-state index is 12.5. The van der Waals surface area contributed by atoms with Gasteiger partial charge in [0.1, 0.15) is 11.5 Å². The first kappa shape index (κ1) is 21.8. The van der Waals surface area contributed by atoms with Crippen LogP contribution in [0.5, 0.6) is 11.5 Å². The molecule has 1 saturated heterocycles. The summed E-state index contributed by atoms with van der Waals surface area (Å²) >= 11 is 0. The third-order valence-corrected chi connectivity index (χ3v) is 4.83. The van der Waals surface area contributed by atoms with Gasteiger partial charge in [-0.05, 0) is 54.4 Å². The number of nitrogens with zero attached hydrogens (tertiary/aromatic N) is 1. The van der Waals surface area contributed by atoms with Crippen molar-refractivity contribution >= 4 is 11.8 Å². The van der Waals surface area contributed by atoms with Gasteiger partial charge in [-0.15, -0.1) is 0 Å². The molecule has 1 atom stereocenters. The summed E-state index contributed by atoms with van der Waals surface area (Å²) in [6.45, 7) is 8.40. The lowest BCUT2D eigenvalue weighted by Crippen LogP contribution is -2.48. The van der Waals surface area contributed by atoms with Crippen LogP contribution in [0.3, 0.4) is 0 Å². The molecule has 7 heteroatoms. The van der Waals surface area contributed by atoms with Gasteiger partial charge >= 0.3 is 0 Å². The molecule has 1 fully saturated rings.